The van der Waals surface area contributed by atoms with E-state index in [-0.39, 0.29) is 25.3 Å². The number of carbonyl (C=O) groups excluding carboxylic acids is 1. The molecule has 11 nitrogen and oxygen atoms in total. The van der Waals surface area contributed by atoms with Gasteiger partial charge in [0, 0.05) is 6.20 Å². The Kier molecular flexibility index (Phi) is 6.88. The molecule has 1 aromatic carbocycles. The van der Waals surface area contributed by atoms with Crippen LogP contribution in [0.15, 0.2) is 41.3 Å². The summed E-state index contributed by atoms with van der Waals surface area (Å²) in [6.07, 6.45) is 1.06. The van der Waals surface area contributed by atoms with Crippen LogP contribution in [0.1, 0.15) is 5.56 Å². The Morgan fingerprint density at radius 1 is 1.37 bits per heavy atom. The van der Waals surface area contributed by atoms with Gasteiger partial charge in [-0.1, -0.05) is 12.1 Å². The van der Waals surface area contributed by atoms with Crippen LogP contribution in [0.4, 0.5) is 5.82 Å². The summed E-state index contributed by atoms with van der Waals surface area (Å²) in [6, 6.07) is 7.36. The first-order valence-corrected chi connectivity index (χ1v) is 10.8. The van der Waals surface area contributed by atoms with Crippen LogP contribution in [0.3, 0.4) is 0 Å². The average Bonchev–Trinajstić information content (AvgIpc) is 2.72. The molecule has 2 heterocycles. The number of hydrogen-bond donors (Lipinski definition) is 2. The van der Waals surface area contributed by atoms with Crippen molar-refractivity contribution in [3.63, 3.8) is 0 Å². The van der Waals surface area contributed by atoms with Crippen molar-refractivity contribution in [3.8, 4) is 5.75 Å². The minimum absolute atomic E-state index is 0.0137. The van der Waals surface area contributed by atoms with Crippen LogP contribution < -0.4 is 21.7 Å². The van der Waals surface area contributed by atoms with Gasteiger partial charge in [-0.05, 0) is 30.2 Å². The summed E-state index contributed by atoms with van der Waals surface area (Å²) in [5, 5.41) is 0. The van der Waals surface area contributed by atoms with Gasteiger partial charge in [-0.2, -0.15) is 4.98 Å². The summed E-state index contributed by atoms with van der Waals surface area (Å²) in [5.74, 6) is -0.0397. The molecule has 1 aromatic heterocycles. The van der Waals surface area contributed by atoms with Crippen LogP contribution >= 0.6 is 7.60 Å². The molecule has 0 radical (unpaired) electrons. The number of nitrogens with zero attached hydrogens (tertiary/aromatic N) is 2. The quantitative estimate of drug-likeness (QED) is 0.461. The number of benzene rings is 1. The predicted octanol–water partition coefficient (Wildman–Crippen LogP) is 0.513. The third-order valence-electron chi connectivity index (χ3n) is 4.35. The van der Waals surface area contributed by atoms with Crippen molar-refractivity contribution in [1.29, 1.82) is 0 Å². The second kappa shape index (κ2) is 9.40. The van der Waals surface area contributed by atoms with Gasteiger partial charge in [0.25, 0.3) is 0 Å². The van der Waals surface area contributed by atoms with Crippen molar-refractivity contribution in [2.45, 2.75) is 25.1 Å². The summed E-state index contributed by atoms with van der Waals surface area (Å²) < 4.78 is 35.2. The summed E-state index contributed by atoms with van der Waals surface area (Å²) >= 11 is 0. The highest BCUT2D eigenvalue weighted by Gasteiger charge is 2.34. The molecule has 0 unspecified atom stereocenters. The summed E-state index contributed by atoms with van der Waals surface area (Å²) in [7, 11) is -2.23. The number of rotatable bonds is 7. The minimum atomic E-state index is -3.50. The molecule has 1 aliphatic heterocycles. The van der Waals surface area contributed by atoms with E-state index in [1.807, 2.05) is 0 Å². The normalized spacial score (nSPS) is 22.3. The molecule has 30 heavy (non-hydrogen) atoms. The van der Waals surface area contributed by atoms with Crippen molar-refractivity contribution in [3.05, 3.63) is 52.6 Å². The average molecular weight is 438 g/mol. The van der Waals surface area contributed by atoms with Crippen LogP contribution in [0, 0.1) is 0 Å². The zero-order valence-electron chi connectivity index (χ0n) is 16.3. The lowest BCUT2D eigenvalue weighted by Gasteiger charge is -2.29. The summed E-state index contributed by atoms with van der Waals surface area (Å²) in [4.78, 5) is 26.8. The Labute approximate surface area is 172 Å². The van der Waals surface area contributed by atoms with E-state index < -0.39 is 31.4 Å². The van der Waals surface area contributed by atoms with Gasteiger partial charge in [0.2, 0.25) is 0 Å². The van der Waals surface area contributed by atoms with Crippen molar-refractivity contribution in [2.24, 2.45) is 5.73 Å². The Bertz CT molecular complexity index is 983. The summed E-state index contributed by atoms with van der Waals surface area (Å²) in [5.41, 5.74) is 11.5. The monoisotopic (exact) mass is 438 g/mol. The van der Waals surface area contributed by atoms with Crippen LogP contribution in [0.25, 0.3) is 0 Å². The molecule has 0 bridgehead atoms. The van der Waals surface area contributed by atoms with Gasteiger partial charge in [-0.15, -0.1) is 0 Å². The van der Waals surface area contributed by atoms with Crippen molar-refractivity contribution >= 4 is 19.4 Å². The van der Waals surface area contributed by atoms with Crippen LogP contribution in [0.5, 0.6) is 5.75 Å². The van der Waals surface area contributed by atoms with Gasteiger partial charge in [-0.3, -0.25) is 13.9 Å². The van der Waals surface area contributed by atoms with Crippen molar-refractivity contribution in [1.82, 2.24) is 9.55 Å². The third kappa shape index (κ3) is 5.67. The minimum Gasteiger partial charge on any atom is -0.468 e. The lowest BCUT2D eigenvalue weighted by molar-refractivity contribution is -0.142. The second-order valence-electron chi connectivity index (χ2n) is 6.68. The molecular formula is C18H23N4O7P. The van der Waals surface area contributed by atoms with Gasteiger partial charge in [-0.25, -0.2) is 9.36 Å². The Hall–Kier alpha value is -2.72. The van der Waals surface area contributed by atoms with E-state index in [1.165, 1.54) is 23.9 Å². The molecule has 12 heteroatoms. The molecule has 1 fully saturated rings. The number of hydrogen-bond acceptors (Lipinski definition) is 10. The van der Waals surface area contributed by atoms with E-state index in [9.17, 15) is 14.2 Å². The van der Waals surface area contributed by atoms with Crippen LogP contribution in [0.2, 0.25) is 0 Å². The number of esters is 1. The van der Waals surface area contributed by atoms with E-state index in [0.29, 0.717) is 12.2 Å². The molecule has 3 rings (SSSR count). The lowest BCUT2D eigenvalue weighted by atomic mass is 10.1. The zero-order chi connectivity index (χ0) is 21.7. The Balaban J connectivity index is 1.53. The zero-order valence-corrected chi connectivity index (χ0v) is 17.2. The molecular weight excluding hydrogens is 415 g/mol. The van der Waals surface area contributed by atoms with Crippen molar-refractivity contribution < 1.29 is 27.9 Å². The fraction of sp³-hybridized carbons (Fsp3) is 0.389. The topological polar surface area (TPSA) is 158 Å². The first-order chi connectivity index (χ1) is 14.3. The first-order valence-electron chi connectivity index (χ1n) is 9.08. The van der Waals surface area contributed by atoms with Gasteiger partial charge in [0.15, 0.2) is 6.35 Å². The van der Waals surface area contributed by atoms with Gasteiger partial charge in [0.1, 0.15) is 23.7 Å². The highest BCUT2D eigenvalue weighted by molar-refractivity contribution is 7.54. The third-order valence-corrected chi connectivity index (χ3v) is 5.85. The molecule has 1 saturated heterocycles. The van der Waals surface area contributed by atoms with Gasteiger partial charge in [0.05, 0.1) is 20.3 Å². The fourth-order valence-corrected chi connectivity index (χ4v) is 4.18. The number of aromatic nitrogens is 2. The number of methoxy groups -OCH3 is 1. The molecule has 0 aliphatic carbocycles. The van der Waals surface area contributed by atoms with Gasteiger partial charge >= 0.3 is 19.3 Å². The lowest BCUT2D eigenvalue weighted by Crippen LogP contribution is -2.35. The van der Waals surface area contributed by atoms with E-state index in [4.69, 9.17) is 25.3 Å². The number of ether oxygens (including phenoxy) is 2. The van der Waals surface area contributed by atoms with Crippen LogP contribution in [-0.2, 0) is 36.3 Å². The standard InChI is InChI=1S/C18H23N4O7P/c1-26-17(23)15(19)8-12-2-4-13(5-3-12)29-30(25)11-27-14(10-28-30)9-22-7-6-16(20)21-18(22)24/h2-7,14-15H,8-11,19H2,1H3,(H2,20,21,24)/t14-,15+,30+/m0/s1. The molecule has 162 valence electrons. The van der Waals surface area contributed by atoms with Gasteiger partial charge < -0.3 is 25.5 Å². The molecule has 1 aliphatic rings. The molecule has 0 saturated carbocycles. The number of nitrogen functional groups attached to an aromatic ring is 1. The second-order valence-corrected chi connectivity index (χ2v) is 8.60. The molecule has 2 aromatic rings. The smallest absolute Gasteiger partial charge is 0.404 e. The Morgan fingerprint density at radius 2 is 2.10 bits per heavy atom. The van der Waals surface area contributed by atoms with Crippen molar-refractivity contribution in [2.75, 3.05) is 25.8 Å². The van der Waals surface area contributed by atoms with E-state index >= 15 is 0 Å². The largest absolute Gasteiger partial charge is 0.468 e. The number of anilines is 1. The predicted molar refractivity (Wildman–Crippen MR) is 107 cm³/mol. The molecule has 3 atom stereocenters. The maximum absolute atomic E-state index is 12.8. The highest BCUT2D eigenvalue weighted by Crippen LogP contribution is 2.50. The fourth-order valence-electron chi connectivity index (χ4n) is 2.77. The SMILES string of the molecule is COC(=O)[C@H](N)Cc1ccc(O[P@@]2(=O)CO[C@@H](Cn3ccc(N)nc3=O)CO2)cc1. The molecule has 0 amide bonds. The maximum Gasteiger partial charge on any atom is 0.404 e. The first kappa shape index (κ1) is 22.0. The Morgan fingerprint density at radius 3 is 2.70 bits per heavy atom. The molecule has 0 spiro atoms. The van der Waals surface area contributed by atoms with E-state index in [1.54, 1.807) is 24.3 Å². The molecule has 4 N–H and O–H groups in total. The van der Waals surface area contributed by atoms with E-state index in [0.717, 1.165) is 5.56 Å². The van der Waals surface area contributed by atoms with E-state index in [2.05, 4.69) is 9.72 Å². The van der Waals surface area contributed by atoms with Crippen LogP contribution in [-0.4, -0.2) is 47.7 Å². The highest BCUT2D eigenvalue weighted by atomic mass is 31.2. The summed E-state index contributed by atoms with van der Waals surface area (Å²) in [6.45, 7) is 0.168. The number of nitrogens with two attached hydrogens (primary N) is 2. The maximum atomic E-state index is 12.8. The number of carbonyl (C=O) groups is 1.